The fourth-order valence-electron chi connectivity index (χ4n) is 2.66. The molecular formula is C18H16F3N3OS. The number of thiophene rings is 1. The number of nitrogens with one attached hydrogen (secondary N) is 1. The third-order valence-corrected chi connectivity index (χ3v) is 5.12. The van der Waals surface area contributed by atoms with Crippen LogP contribution in [0.4, 0.5) is 24.5 Å². The summed E-state index contributed by atoms with van der Waals surface area (Å²) in [5.41, 5.74) is 7.49. The Balaban J connectivity index is 1.94. The molecule has 0 saturated heterocycles. The van der Waals surface area contributed by atoms with Gasteiger partial charge in [0.15, 0.2) is 0 Å². The predicted octanol–water partition coefficient (Wildman–Crippen LogP) is 5.02. The predicted molar refractivity (Wildman–Crippen MR) is 97.5 cm³/mol. The molecule has 1 aromatic carbocycles. The number of nitrogen functional groups attached to an aromatic ring is 1. The molecule has 2 aromatic heterocycles. The van der Waals surface area contributed by atoms with Gasteiger partial charge < -0.3 is 11.1 Å². The zero-order valence-electron chi connectivity index (χ0n) is 14.1. The first-order chi connectivity index (χ1) is 12.2. The Morgan fingerprint density at radius 1 is 1.31 bits per heavy atom. The number of anilines is 2. The maximum atomic E-state index is 12.8. The second-order valence-electron chi connectivity index (χ2n) is 5.84. The SMILES string of the molecule is CCc1nc2sc(C(=O)Nc3cccc(C(F)(F)F)c3)c(N)c2cc1C. The van der Waals surface area contributed by atoms with Crippen LogP contribution in [0.2, 0.25) is 0 Å². The topological polar surface area (TPSA) is 68.0 Å². The smallest absolute Gasteiger partial charge is 0.397 e. The van der Waals surface area contributed by atoms with Crippen LogP contribution in [0.3, 0.4) is 0 Å². The molecule has 26 heavy (non-hydrogen) atoms. The van der Waals surface area contributed by atoms with Crippen LogP contribution in [0.15, 0.2) is 30.3 Å². The number of carbonyl (C=O) groups excluding carboxylic acids is 1. The fraction of sp³-hybridized carbons (Fsp3) is 0.222. The standard InChI is InChI=1S/C18H16F3N3OS/c1-3-13-9(2)7-12-14(22)15(26-17(12)24-13)16(25)23-11-6-4-5-10(8-11)18(19,20)21/h4-8H,3,22H2,1-2H3,(H,23,25). The minimum atomic E-state index is -4.48. The first kappa shape index (κ1) is 18.2. The fourth-order valence-corrected chi connectivity index (χ4v) is 3.66. The molecular weight excluding hydrogens is 363 g/mol. The number of pyridine rings is 1. The number of hydrogen-bond donors (Lipinski definition) is 2. The van der Waals surface area contributed by atoms with Gasteiger partial charge in [0, 0.05) is 16.8 Å². The lowest BCUT2D eigenvalue weighted by Gasteiger charge is -2.09. The highest BCUT2D eigenvalue weighted by Gasteiger charge is 2.30. The van der Waals surface area contributed by atoms with Gasteiger partial charge in [-0.2, -0.15) is 13.2 Å². The maximum absolute atomic E-state index is 12.8. The number of fused-ring (bicyclic) bond motifs is 1. The van der Waals surface area contributed by atoms with E-state index in [0.717, 1.165) is 41.1 Å². The normalized spacial score (nSPS) is 11.7. The molecule has 3 N–H and O–H groups in total. The average Bonchev–Trinajstić information content (AvgIpc) is 2.90. The van der Waals surface area contributed by atoms with Crippen LogP contribution in [-0.4, -0.2) is 10.9 Å². The minimum absolute atomic E-state index is 0.0556. The summed E-state index contributed by atoms with van der Waals surface area (Å²) in [6.07, 6.45) is -3.72. The molecule has 3 aromatic rings. The molecule has 3 rings (SSSR count). The third-order valence-electron chi connectivity index (χ3n) is 4.01. The monoisotopic (exact) mass is 379 g/mol. The third kappa shape index (κ3) is 3.37. The van der Waals surface area contributed by atoms with E-state index in [1.807, 2.05) is 19.9 Å². The molecule has 0 radical (unpaired) electrons. The lowest BCUT2D eigenvalue weighted by atomic mass is 10.1. The second kappa shape index (κ2) is 6.60. The molecule has 0 atom stereocenters. The van der Waals surface area contributed by atoms with Crippen molar-refractivity contribution in [2.24, 2.45) is 0 Å². The van der Waals surface area contributed by atoms with Gasteiger partial charge >= 0.3 is 6.18 Å². The number of nitrogens with zero attached hydrogens (tertiary/aromatic N) is 1. The molecule has 0 fully saturated rings. The Kier molecular flexibility index (Phi) is 4.62. The molecule has 0 unspecified atom stereocenters. The number of carbonyl (C=O) groups is 1. The molecule has 0 aliphatic rings. The van der Waals surface area contributed by atoms with E-state index in [1.54, 1.807) is 0 Å². The number of aromatic nitrogens is 1. The van der Waals surface area contributed by atoms with Crippen LogP contribution in [0.1, 0.15) is 33.4 Å². The Morgan fingerprint density at radius 3 is 2.69 bits per heavy atom. The van der Waals surface area contributed by atoms with E-state index in [9.17, 15) is 18.0 Å². The zero-order chi connectivity index (χ0) is 19.1. The van der Waals surface area contributed by atoms with Crippen LogP contribution in [0, 0.1) is 6.92 Å². The molecule has 0 spiro atoms. The summed E-state index contributed by atoms with van der Waals surface area (Å²) in [6.45, 7) is 3.91. The summed E-state index contributed by atoms with van der Waals surface area (Å²) in [5, 5.41) is 3.16. The van der Waals surface area contributed by atoms with Crippen molar-refractivity contribution >= 4 is 38.8 Å². The van der Waals surface area contributed by atoms with Crippen molar-refractivity contribution in [3.05, 3.63) is 52.0 Å². The minimum Gasteiger partial charge on any atom is -0.397 e. The summed E-state index contributed by atoms with van der Waals surface area (Å²) in [6, 6.07) is 6.36. The number of nitrogens with two attached hydrogens (primary N) is 1. The quantitative estimate of drug-likeness (QED) is 0.671. The lowest BCUT2D eigenvalue weighted by molar-refractivity contribution is -0.137. The average molecular weight is 379 g/mol. The van der Waals surface area contributed by atoms with E-state index in [2.05, 4.69) is 10.3 Å². The first-order valence-corrected chi connectivity index (χ1v) is 8.69. The summed E-state index contributed by atoms with van der Waals surface area (Å²) in [7, 11) is 0. The summed E-state index contributed by atoms with van der Waals surface area (Å²) >= 11 is 1.13. The van der Waals surface area contributed by atoms with Crippen LogP contribution in [0.5, 0.6) is 0 Å². The second-order valence-corrected chi connectivity index (χ2v) is 6.83. The first-order valence-electron chi connectivity index (χ1n) is 7.87. The Bertz CT molecular complexity index is 995. The largest absolute Gasteiger partial charge is 0.416 e. The van der Waals surface area contributed by atoms with E-state index in [0.29, 0.717) is 10.2 Å². The highest BCUT2D eigenvalue weighted by atomic mass is 32.1. The Morgan fingerprint density at radius 2 is 2.04 bits per heavy atom. The number of amides is 1. The van der Waals surface area contributed by atoms with Crippen LogP contribution < -0.4 is 11.1 Å². The highest BCUT2D eigenvalue weighted by molar-refractivity contribution is 7.21. The molecule has 0 aliphatic carbocycles. The van der Waals surface area contributed by atoms with Crippen molar-refractivity contribution in [1.82, 2.24) is 4.98 Å². The van der Waals surface area contributed by atoms with Crippen molar-refractivity contribution < 1.29 is 18.0 Å². The lowest BCUT2D eigenvalue weighted by Crippen LogP contribution is -2.13. The molecule has 136 valence electrons. The molecule has 0 aliphatic heterocycles. The number of alkyl halides is 3. The van der Waals surface area contributed by atoms with Crippen LogP contribution in [0.25, 0.3) is 10.2 Å². The van der Waals surface area contributed by atoms with Crippen molar-refractivity contribution in [3.8, 4) is 0 Å². The van der Waals surface area contributed by atoms with E-state index in [-0.39, 0.29) is 16.3 Å². The number of benzene rings is 1. The molecule has 8 heteroatoms. The number of aryl methyl sites for hydroxylation is 2. The van der Waals surface area contributed by atoms with Gasteiger partial charge in [0.05, 0.1) is 11.3 Å². The van der Waals surface area contributed by atoms with Gasteiger partial charge in [-0.25, -0.2) is 4.98 Å². The van der Waals surface area contributed by atoms with Gasteiger partial charge in [0.2, 0.25) is 0 Å². The Labute approximate surface area is 151 Å². The molecule has 0 bridgehead atoms. The van der Waals surface area contributed by atoms with Crippen LogP contribution >= 0.6 is 11.3 Å². The van der Waals surface area contributed by atoms with Gasteiger partial charge in [0.25, 0.3) is 5.91 Å². The van der Waals surface area contributed by atoms with Crippen molar-refractivity contribution in [2.75, 3.05) is 11.1 Å². The molecule has 2 heterocycles. The zero-order valence-corrected chi connectivity index (χ0v) is 14.9. The number of hydrogen-bond acceptors (Lipinski definition) is 4. The molecule has 0 saturated carbocycles. The molecule has 4 nitrogen and oxygen atoms in total. The van der Waals surface area contributed by atoms with E-state index in [1.165, 1.54) is 12.1 Å². The van der Waals surface area contributed by atoms with E-state index in [4.69, 9.17) is 5.73 Å². The Hall–Kier alpha value is -2.61. The summed E-state index contributed by atoms with van der Waals surface area (Å²) in [5.74, 6) is -0.555. The summed E-state index contributed by atoms with van der Waals surface area (Å²) < 4.78 is 38.4. The van der Waals surface area contributed by atoms with Gasteiger partial charge in [-0.05, 0) is 43.2 Å². The van der Waals surface area contributed by atoms with E-state index >= 15 is 0 Å². The summed E-state index contributed by atoms with van der Waals surface area (Å²) in [4.78, 5) is 17.9. The van der Waals surface area contributed by atoms with Gasteiger partial charge in [-0.3, -0.25) is 4.79 Å². The van der Waals surface area contributed by atoms with Gasteiger partial charge in [-0.15, -0.1) is 11.3 Å². The van der Waals surface area contributed by atoms with Gasteiger partial charge in [-0.1, -0.05) is 13.0 Å². The van der Waals surface area contributed by atoms with Crippen molar-refractivity contribution in [2.45, 2.75) is 26.4 Å². The number of rotatable bonds is 3. The van der Waals surface area contributed by atoms with Crippen molar-refractivity contribution in [3.63, 3.8) is 0 Å². The highest BCUT2D eigenvalue weighted by Crippen LogP contribution is 2.35. The maximum Gasteiger partial charge on any atom is 0.416 e. The van der Waals surface area contributed by atoms with E-state index < -0.39 is 17.6 Å². The number of halogens is 3. The van der Waals surface area contributed by atoms with Crippen LogP contribution in [-0.2, 0) is 12.6 Å². The van der Waals surface area contributed by atoms with Gasteiger partial charge in [0.1, 0.15) is 9.71 Å². The van der Waals surface area contributed by atoms with Crippen molar-refractivity contribution in [1.29, 1.82) is 0 Å². The molecule has 1 amide bonds.